The van der Waals surface area contributed by atoms with Crippen molar-refractivity contribution < 1.29 is 13.2 Å². The van der Waals surface area contributed by atoms with Gasteiger partial charge in [-0.2, -0.15) is 18.4 Å². The van der Waals surface area contributed by atoms with Crippen molar-refractivity contribution in [2.45, 2.75) is 25.6 Å². The number of amidine groups is 1. The van der Waals surface area contributed by atoms with Gasteiger partial charge in [-0.25, -0.2) is 0 Å². The van der Waals surface area contributed by atoms with E-state index in [2.05, 4.69) is 5.92 Å². The van der Waals surface area contributed by atoms with Gasteiger partial charge in [-0.15, -0.1) is 6.42 Å². The monoisotopic (exact) mass is 350 g/mol. The van der Waals surface area contributed by atoms with E-state index in [4.69, 9.17) is 29.3 Å². The maximum atomic E-state index is 13.2. The highest BCUT2D eigenvalue weighted by Gasteiger charge is 2.46. The third kappa shape index (κ3) is 2.70. The number of rotatable bonds is 2. The second-order valence-corrected chi connectivity index (χ2v) is 6.02. The van der Waals surface area contributed by atoms with E-state index in [0.29, 0.717) is 0 Å². The molecular formula is C16H13F3N4S. The molecule has 1 saturated heterocycles. The number of thiocarbonyl (C=S) groups is 1. The molecular weight excluding hydrogens is 337 g/mol. The molecule has 0 aromatic heterocycles. The Morgan fingerprint density at radius 3 is 2.50 bits per heavy atom. The summed E-state index contributed by atoms with van der Waals surface area (Å²) in [7, 11) is 0. The Kier molecular flexibility index (Phi) is 4.30. The summed E-state index contributed by atoms with van der Waals surface area (Å²) in [5, 5.41) is 17.3. The Morgan fingerprint density at radius 2 is 2.00 bits per heavy atom. The van der Waals surface area contributed by atoms with Gasteiger partial charge in [-0.3, -0.25) is 10.3 Å². The molecule has 0 spiro atoms. The van der Waals surface area contributed by atoms with E-state index in [1.807, 2.05) is 0 Å². The summed E-state index contributed by atoms with van der Waals surface area (Å²) in [4.78, 5) is 2.83. The van der Waals surface area contributed by atoms with Crippen LogP contribution in [0, 0.1) is 29.1 Å². The molecule has 124 valence electrons. The first kappa shape index (κ1) is 17.8. The predicted octanol–water partition coefficient (Wildman–Crippen LogP) is 3.37. The topological polar surface area (TPSA) is 54.1 Å². The van der Waals surface area contributed by atoms with Gasteiger partial charge in [-0.1, -0.05) is 5.92 Å². The largest absolute Gasteiger partial charge is 0.417 e. The summed E-state index contributed by atoms with van der Waals surface area (Å²) in [5.41, 5.74) is -2.33. The standard InChI is InChI=1S/C16H13F3N4S/c1-4-7-22-14(24)23(13(21)15(22,2)3)11-6-5-10(9-20)12(8-11)16(17,18)19/h1,5-6,8,21H,7H2,2-3H3. The molecule has 0 saturated carbocycles. The average Bonchev–Trinajstić information content (AvgIpc) is 2.66. The molecule has 1 aliphatic heterocycles. The van der Waals surface area contributed by atoms with Crippen LogP contribution in [0.5, 0.6) is 0 Å². The third-order valence-corrected chi connectivity index (χ3v) is 4.24. The molecule has 0 amide bonds. The fourth-order valence-corrected chi connectivity index (χ4v) is 2.95. The zero-order valence-electron chi connectivity index (χ0n) is 12.9. The molecule has 1 fully saturated rings. The van der Waals surface area contributed by atoms with E-state index in [1.165, 1.54) is 17.0 Å². The number of halogens is 3. The van der Waals surface area contributed by atoms with Crippen LogP contribution in [0.2, 0.25) is 0 Å². The van der Waals surface area contributed by atoms with E-state index in [0.717, 1.165) is 12.1 Å². The number of nitrogens with one attached hydrogen (secondary N) is 1. The first-order chi connectivity index (χ1) is 11.1. The fraction of sp³-hybridized carbons (Fsp3) is 0.312. The lowest BCUT2D eigenvalue weighted by atomic mass is 10.0. The molecule has 1 heterocycles. The molecule has 24 heavy (non-hydrogen) atoms. The van der Waals surface area contributed by atoms with Crippen LogP contribution in [0.4, 0.5) is 18.9 Å². The molecule has 1 aromatic rings. The van der Waals surface area contributed by atoms with Gasteiger partial charge in [0.05, 0.1) is 35.0 Å². The van der Waals surface area contributed by atoms with Crippen molar-refractivity contribution in [1.82, 2.24) is 4.90 Å². The van der Waals surface area contributed by atoms with Crippen LogP contribution >= 0.6 is 12.2 Å². The SMILES string of the molecule is C#CCN1C(=S)N(c2ccc(C#N)c(C(F)(F)F)c2)C(=N)C1(C)C. The summed E-state index contributed by atoms with van der Waals surface area (Å²) in [6.07, 6.45) is 0.633. The molecule has 0 atom stereocenters. The van der Waals surface area contributed by atoms with E-state index >= 15 is 0 Å². The van der Waals surface area contributed by atoms with Crippen LogP contribution < -0.4 is 4.90 Å². The lowest BCUT2D eigenvalue weighted by molar-refractivity contribution is -0.137. The number of benzene rings is 1. The van der Waals surface area contributed by atoms with Crippen LogP contribution in [0.1, 0.15) is 25.0 Å². The van der Waals surface area contributed by atoms with Crippen molar-refractivity contribution in [3.8, 4) is 18.4 Å². The van der Waals surface area contributed by atoms with Crippen molar-refractivity contribution in [2.24, 2.45) is 0 Å². The summed E-state index contributed by atoms with van der Waals surface area (Å²) < 4.78 is 39.5. The lowest BCUT2D eigenvalue weighted by Crippen LogP contribution is -2.44. The van der Waals surface area contributed by atoms with Crippen LogP contribution in [0.15, 0.2) is 18.2 Å². The van der Waals surface area contributed by atoms with Crippen LogP contribution in [0.25, 0.3) is 0 Å². The molecule has 1 N–H and O–H groups in total. The summed E-state index contributed by atoms with van der Waals surface area (Å²) in [6.45, 7) is 3.56. The zero-order chi connectivity index (χ0) is 18.3. The third-order valence-electron chi connectivity index (χ3n) is 3.84. The average molecular weight is 350 g/mol. The highest BCUT2D eigenvalue weighted by atomic mass is 32.1. The van der Waals surface area contributed by atoms with Gasteiger partial charge in [0.2, 0.25) is 0 Å². The Balaban J connectivity index is 2.57. The molecule has 0 radical (unpaired) electrons. The van der Waals surface area contributed by atoms with E-state index in [-0.39, 0.29) is 23.2 Å². The Morgan fingerprint density at radius 1 is 1.38 bits per heavy atom. The Bertz CT molecular complexity index is 799. The summed E-state index contributed by atoms with van der Waals surface area (Å²) in [6, 6.07) is 4.77. The molecule has 0 bridgehead atoms. The van der Waals surface area contributed by atoms with Gasteiger partial charge >= 0.3 is 6.18 Å². The summed E-state index contributed by atoms with van der Waals surface area (Å²) in [5.74, 6) is 2.45. The Hall–Kier alpha value is -2.58. The molecule has 4 nitrogen and oxygen atoms in total. The van der Waals surface area contributed by atoms with E-state index in [1.54, 1.807) is 18.7 Å². The fourth-order valence-electron chi connectivity index (χ4n) is 2.46. The molecule has 1 aromatic carbocycles. The highest BCUT2D eigenvalue weighted by molar-refractivity contribution is 7.80. The lowest BCUT2D eigenvalue weighted by Gasteiger charge is -2.28. The quantitative estimate of drug-likeness (QED) is 0.656. The minimum atomic E-state index is -4.68. The van der Waals surface area contributed by atoms with Gasteiger partial charge in [0, 0.05) is 0 Å². The number of alkyl halides is 3. The number of nitriles is 1. The molecule has 2 rings (SSSR count). The van der Waals surface area contributed by atoms with Crippen LogP contribution in [-0.2, 0) is 6.18 Å². The van der Waals surface area contributed by atoms with Gasteiger partial charge in [0.25, 0.3) is 0 Å². The Labute approximate surface area is 143 Å². The van der Waals surface area contributed by atoms with Crippen molar-refractivity contribution in [3.63, 3.8) is 0 Å². The summed E-state index contributed by atoms with van der Waals surface area (Å²) >= 11 is 5.30. The predicted molar refractivity (Wildman–Crippen MR) is 88.6 cm³/mol. The van der Waals surface area contributed by atoms with Crippen molar-refractivity contribution in [2.75, 3.05) is 11.4 Å². The maximum Gasteiger partial charge on any atom is 0.417 e. The zero-order valence-corrected chi connectivity index (χ0v) is 13.7. The molecule has 0 aliphatic carbocycles. The van der Waals surface area contributed by atoms with Gasteiger partial charge in [0.15, 0.2) is 5.11 Å². The first-order valence-corrected chi connectivity index (χ1v) is 7.22. The number of terminal acetylenes is 1. The van der Waals surface area contributed by atoms with Gasteiger partial charge in [0.1, 0.15) is 5.84 Å². The second-order valence-electron chi connectivity index (χ2n) is 5.66. The van der Waals surface area contributed by atoms with Crippen molar-refractivity contribution >= 4 is 28.9 Å². The number of hydrogen-bond acceptors (Lipinski definition) is 3. The normalized spacial score (nSPS) is 17.0. The van der Waals surface area contributed by atoms with Gasteiger partial charge in [-0.05, 0) is 44.3 Å². The van der Waals surface area contributed by atoms with E-state index < -0.39 is 22.8 Å². The highest BCUT2D eigenvalue weighted by Crippen LogP contribution is 2.37. The molecule has 1 aliphatic rings. The second kappa shape index (κ2) is 5.81. The van der Waals surface area contributed by atoms with Crippen LogP contribution in [-0.4, -0.2) is 27.9 Å². The molecule has 8 heteroatoms. The van der Waals surface area contributed by atoms with Crippen molar-refractivity contribution in [3.05, 3.63) is 29.3 Å². The smallest absolute Gasteiger partial charge is 0.325 e. The molecule has 0 unspecified atom stereocenters. The first-order valence-electron chi connectivity index (χ1n) is 6.81. The van der Waals surface area contributed by atoms with Crippen molar-refractivity contribution in [1.29, 1.82) is 10.7 Å². The van der Waals surface area contributed by atoms with E-state index in [9.17, 15) is 13.2 Å². The number of hydrogen-bond donors (Lipinski definition) is 1. The minimum Gasteiger partial charge on any atom is -0.325 e. The van der Waals surface area contributed by atoms with Crippen LogP contribution in [0.3, 0.4) is 0 Å². The number of nitrogens with zero attached hydrogens (tertiary/aromatic N) is 3. The minimum absolute atomic E-state index is 0.0144. The maximum absolute atomic E-state index is 13.2. The van der Waals surface area contributed by atoms with Gasteiger partial charge < -0.3 is 4.90 Å². The number of anilines is 1.